The number of aromatic amines is 1. The molecule has 0 aliphatic carbocycles. The summed E-state index contributed by atoms with van der Waals surface area (Å²) in [6, 6.07) is 9.61. The fourth-order valence-corrected chi connectivity index (χ4v) is 1.70. The van der Waals surface area contributed by atoms with E-state index in [0.29, 0.717) is 0 Å². The zero-order chi connectivity index (χ0) is 11.0. The molecule has 0 fully saturated rings. The van der Waals surface area contributed by atoms with E-state index in [1.807, 2.05) is 30.3 Å². The van der Waals surface area contributed by atoms with Crippen molar-refractivity contribution in [3.8, 4) is 11.1 Å². The van der Waals surface area contributed by atoms with E-state index in [1.54, 1.807) is 6.20 Å². The normalized spacial score (nSPS) is 10.8. The van der Waals surface area contributed by atoms with E-state index in [9.17, 15) is 0 Å². The number of hydrogen-bond acceptors (Lipinski definition) is 2. The highest BCUT2D eigenvalue weighted by Crippen LogP contribution is 2.22. The molecule has 4 heteroatoms. The molecule has 77 valence electrons. The standard InChI is InChI=1S/C12H7ClN3/c13-10-3-1-8(2-4-10)9-5-11-12(14-6-9)16-7-15-11/h1-6H,(H,14,15,16). The number of benzene rings is 1. The van der Waals surface area contributed by atoms with E-state index in [1.165, 1.54) is 0 Å². The summed E-state index contributed by atoms with van der Waals surface area (Å²) < 4.78 is 0. The highest BCUT2D eigenvalue weighted by molar-refractivity contribution is 6.30. The van der Waals surface area contributed by atoms with Gasteiger partial charge in [0.25, 0.3) is 0 Å². The fourth-order valence-electron chi connectivity index (χ4n) is 1.58. The first-order valence-electron chi connectivity index (χ1n) is 4.81. The lowest BCUT2D eigenvalue weighted by atomic mass is 10.1. The van der Waals surface area contributed by atoms with Crippen molar-refractivity contribution in [1.29, 1.82) is 0 Å². The number of rotatable bonds is 1. The molecule has 2 heterocycles. The summed E-state index contributed by atoms with van der Waals surface area (Å²) in [5, 5.41) is 0.728. The van der Waals surface area contributed by atoms with E-state index >= 15 is 0 Å². The molecule has 3 aromatic rings. The van der Waals surface area contributed by atoms with Gasteiger partial charge in [0, 0.05) is 16.8 Å². The smallest absolute Gasteiger partial charge is 0.175 e. The molecule has 0 unspecified atom stereocenters. The van der Waals surface area contributed by atoms with Crippen molar-refractivity contribution in [1.82, 2.24) is 15.0 Å². The first kappa shape index (κ1) is 9.36. The molecule has 3 rings (SSSR count). The van der Waals surface area contributed by atoms with Gasteiger partial charge < -0.3 is 4.98 Å². The monoisotopic (exact) mass is 228 g/mol. The van der Waals surface area contributed by atoms with Crippen molar-refractivity contribution in [2.45, 2.75) is 0 Å². The van der Waals surface area contributed by atoms with Crippen LogP contribution < -0.4 is 0 Å². The minimum Gasteiger partial charge on any atom is -0.320 e. The molecule has 0 spiro atoms. The Bertz CT molecular complexity index is 628. The molecule has 1 radical (unpaired) electrons. The number of pyridine rings is 1. The van der Waals surface area contributed by atoms with Crippen molar-refractivity contribution in [2.24, 2.45) is 0 Å². The first-order valence-corrected chi connectivity index (χ1v) is 5.18. The molecule has 0 aliphatic heterocycles. The van der Waals surface area contributed by atoms with Crippen LogP contribution in [-0.4, -0.2) is 15.0 Å². The van der Waals surface area contributed by atoms with Gasteiger partial charge in [-0.3, -0.25) is 0 Å². The number of nitrogens with one attached hydrogen (secondary N) is 1. The number of aromatic nitrogens is 3. The van der Waals surface area contributed by atoms with Crippen LogP contribution in [0.2, 0.25) is 5.02 Å². The third-order valence-corrected chi connectivity index (χ3v) is 2.65. The highest BCUT2D eigenvalue weighted by atomic mass is 35.5. The largest absolute Gasteiger partial charge is 0.320 e. The van der Waals surface area contributed by atoms with Gasteiger partial charge in [-0.1, -0.05) is 23.7 Å². The Morgan fingerprint density at radius 3 is 2.75 bits per heavy atom. The molecule has 0 atom stereocenters. The average Bonchev–Trinajstić information content (AvgIpc) is 2.77. The van der Waals surface area contributed by atoms with Crippen LogP contribution in [0.1, 0.15) is 0 Å². The lowest BCUT2D eigenvalue weighted by Gasteiger charge is -2.00. The summed E-state index contributed by atoms with van der Waals surface area (Å²) in [6.07, 6.45) is 4.47. The maximum absolute atomic E-state index is 5.84. The predicted octanol–water partition coefficient (Wildman–Crippen LogP) is 3.08. The number of nitrogens with zero attached hydrogens (tertiary/aromatic N) is 2. The van der Waals surface area contributed by atoms with Gasteiger partial charge in [0.15, 0.2) is 12.0 Å². The fraction of sp³-hybridized carbons (Fsp3) is 0. The summed E-state index contributed by atoms with van der Waals surface area (Å²) in [4.78, 5) is 11.1. The Morgan fingerprint density at radius 2 is 1.94 bits per heavy atom. The zero-order valence-corrected chi connectivity index (χ0v) is 8.99. The van der Waals surface area contributed by atoms with Crippen LogP contribution in [0, 0.1) is 6.33 Å². The van der Waals surface area contributed by atoms with Gasteiger partial charge in [0.05, 0.1) is 0 Å². The highest BCUT2D eigenvalue weighted by Gasteiger charge is 2.02. The third-order valence-electron chi connectivity index (χ3n) is 2.40. The molecule has 1 N–H and O–H groups in total. The van der Waals surface area contributed by atoms with E-state index in [4.69, 9.17) is 11.6 Å². The quantitative estimate of drug-likeness (QED) is 0.696. The van der Waals surface area contributed by atoms with Gasteiger partial charge in [0.2, 0.25) is 0 Å². The zero-order valence-electron chi connectivity index (χ0n) is 8.24. The molecule has 16 heavy (non-hydrogen) atoms. The van der Waals surface area contributed by atoms with Crippen molar-refractivity contribution in [2.75, 3.05) is 0 Å². The first-order chi connectivity index (χ1) is 7.83. The molecule has 0 saturated carbocycles. The van der Waals surface area contributed by atoms with Gasteiger partial charge in [-0.05, 0) is 23.8 Å². The number of H-pyrrole nitrogens is 1. The maximum Gasteiger partial charge on any atom is 0.175 e. The Hall–Kier alpha value is -1.87. The summed E-state index contributed by atoms with van der Waals surface area (Å²) in [5.74, 6) is 0. The summed E-state index contributed by atoms with van der Waals surface area (Å²) >= 11 is 5.84. The van der Waals surface area contributed by atoms with Gasteiger partial charge in [0.1, 0.15) is 5.52 Å². The van der Waals surface area contributed by atoms with E-state index in [2.05, 4.69) is 21.3 Å². The lowest BCUT2D eigenvalue weighted by Crippen LogP contribution is -1.81. The molecule has 1 aromatic carbocycles. The van der Waals surface area contributed by atoms with Crippen LogP contribution >= 0.6 is 11.6 Å². The Balaban J connectivity index is 2.14. The second kappa shape index (κ2) is 3.61. The van der Waals surface area contributed by atoms with E-state index in [0.717, 1.165) is 27.3 Å². The molecular formula is C12H7ClN3. The molecule has 0 saturated heterocycles. The Labute approximate surface area is 97.1 Å². The summed E-state index contributed by atoms with van der Waals surface area (Å²) in [7, 11) is 0. The van der Waals surface area contributed by atoms with Crippen LogP contribution in [0.3, 0.4) is 0 Å². The maximum atomic E-state index is 5.84. The second-order valence-corrected chi connectivity index (χ2v) is 3.88. The van der Waals surface area contributed by atoms with Crippen LogP contribution in [0.15, 0.2) is 36.5 Å². The van der Waals surface area contributed by atoms with Crippen molar-refractivity contribution >= 4 is 22.8 Å². The van der Waals surface area contributed by atoms with Crippen LogP contribution in [0.5, 0.6) is 0 Å². The number of hydrogen-bond donors (Lipinski definition) is 1. The minimum atomic E-state index is 0.728. The number of fused-ring (bicyclic) bond motifs is 1. The molecule has 2 aromatic heterocycles. The van der Waals surface area contributed by atoms with Crippen LogP contribution in [0.4, 0.5) is 0 Å². The van der Waals surface area contributed by atoms with E-state index in [-0.39, 0.29) is 0 Å². The van der Waals surface area contributed by atoms with E-state index < -0.39 is 0 Å². The molecular weight excluding hydrogens is 222 g/mol. The average molecular weight is 229 g/mol. The Morgan fingerprint density at radius 1 is 1.12 bits per heavy atom. The minimum absolute atomic E-state index is 0.728. The second-order valence-electron chi connectivity index (χ2n) is 3.45. The molecule has 3 nitrogen and oxygen atoms in total. The summed E-state index contributed by atoms with van der Waals surface area (Å²) in [5.41, 5.74) is 3.65. The van der Waals surface area contributed by atoms with Gasteiger partial charge >= 0.3 is 0 Å². The molecule has 0 amide bonds. The Kier molecular flexibility index (Phi) is 2.11. The van der Waals surface area contributed by atoms with Gasteiger partial charge in [-0.2, -0.15) is 0 Å². The molecule has 0 aliphatic rings. The molecule has 0 bridgehead atoms. The van der Waals surface area contributed by atoms with Gasteiger partial charge in [-0.25, -0.2) is 9.97 Å². The van der Waals surface area contributed by atoms with Crippen molar-refractivity contribution in [3.63, 3.8) is 0 Å². The van der Waals surface area contributed by atoms with Crippen LogP contribution in [0.25, 0.3) is 22.3 Å². The van der Waals surface area contributed by atoms with Gasteiger partial charge in [-0.15, -0.1) is 0 Å². The number of imidazole rings is 1. The topological polar surface area (TPSA) is 41.6 Å². The number of halogens is 1. The van der Waals surface area contributed by atoms with Crippen molar-refractivity contribution < 1.29 is 0 Å². The van der Waals surface area contributed by atoms with Crippen LogP contribution in [-0.2, 0) is 0 Å². The lowest BCUT2D eigenvalue weighted by molar-refractivity contribution is 1.29. The SMILES string of the molecule is Clc1ccc(-c2cnc3[nH][c]nc3c2)cc1. The van der Waals surface area contributed by atoms with Crippen molar-refractivity contribution in [3.05, 3.63) is 47.9 Å². The predicted molar refractivity (Wildman–Crippen MR) is 63.2 cm³/mol. The summed E-state index contributed by atoms with van der Waals surface area (Å²) in [6.45, 7) is 0. The third kappa shape index (κ3) is 1.55.